The number of ether oxygens (including phenoxy) is 2. The first-order valence-corrected chi connectivity index (χ1v) is 9.25. The Morgan fingerprint density at radius 3 is 2.42 bits per heavy atom. The Balaban J connectivity index is 1.84. The Morgan fingerprint density at radius 2 is 1.77 bits per heavy atom. The van der Waals surface area contributed by atoms with Gasteiger partial charge in [-0.05, 0) is 17.9 Å². The Hall–Kier alpha value is -2.53. The molecule has 2 heterocycles. The Bertz CT molecular complexity index is 913. The van der Waals surface area contributed by atoms with Crippen molar-refractivity contribution in [3.63, 3.8) is 0 Å². The maximum atomic E-state index is 5.78. The predicted octanol–water partition coefficient (Wildman–Crippen LogP) is 3.98. The molecule has 0 atom stereocenters. The zero-order chi connectivity index (χ0) is 18.1. The van der Waals surface area contributed by atoms with Crippen LogP contribution in [-0.2, 0) is 13.1 Å². The lowest BCUT2D eigenvalue weighted by molar-refractivity contribution is 0.172. The number of aromatic nitrogens is 2. The molecule has 1 aromatic heterocycles. The van der Waals surface area contributed by atoms with Crippen molar-refractivity contribution in [3.8, 4) is 22.9 Å². The highest BCUT2D eigenvalue weighted by Crippen LogP contribution is 2.36. The number of nitrogens with two attached hydrogens (primary N) is 1. The van der Waals surface area contributed by atoms with Crippen molar-refractivity contribution in [1.82, 2.24) is 9.55 Å². The minimum atomic E-state index is 0.547. The molecule has 4 rings (SSSR count). The van der Waals surface area contributed by atoms with Gasteiger partial charge in [-0.3, -0.25) is 0 Å². The molecule has 136 valence electrons. The molecule has 5 nitrogen and oxygen atoms in total. The maximum absolute atomic E-state index is 5.78. The van der Waals surface area contributed by atoms with Crippen LogP contribution < -0.4 is 15.2 Å². The van der Waals surface area contributed by atoms with Crippen molar-refractivity contribution in [3.05, 3.63) is 42.0 Å². The largest absolute Gasteiger partial charge is 0.486 e. The van der Waals surface area contributed by atoms with Crippen molar-refractivity contribution in [1.29, 1.82) is 0 Å². The highest BCUT2D eigenvalue weighted by Gasteiger charge is 2.19. The van der Waals surface area contributed by atoms with Gasteiger partial charge in [0.25, 0.3) is 0 Å². The van der Waals surface area contributed by atoms with Gasteiger partial charge in [-0.25, -0.2) is 4.98 Å². The van der Waals surface area contributed by atoms with Gasteiger partial charge in [0.15, 0.2) is 11.5 Å². The first-order chi connectivity index (χ1) is 12.7. The molecular formula is C21H25N3O2. The highest BCUT2D eigenvalue weighted by atomic mass is 16.6. The SMILES string of the molecule is CC(C)CCn1c(-c2ccc(CN)cc2)nc2cc3c(cc21)OCCO3. The normalized spacial score (nSPS) is 13.5. The van der Waals surface area contributed by atoms with Crippen molar-refractivity contribution in [2.45, 2.75) is 33.4 Å². The van der Waals surface area contributed by atoms with E-state index in [0.29, 0.717) is 25.7 Å². The summed E-state index contributed by atoms with van der Waals surface area (Å²) in [5, 5.41) is 0. The summed E-state index contributed by atoms with van der Waals surface area (Å²) in [4.78, 5) is 4.92. The smallest absolute Gasteiger partial charge is 0.163 e. The second kappa shape index (κ2) is 7.00. The average molecular weight is 351 g/mol. The molecule has 0 amide bonds. The molecule has 26 heavy (non-hydrogen) atoms. The number of imidazole rings is 1. The number of rotatable bonds is 5. The van der Waals surface area contributed by atoms with Gasteiger partial charge in [0.1, 0.15) is 19.0 Å². The van der Waals surface area contributed by atoms with Gasteiger partial charge >= 0.3 is 0 Å². The summed E-state index contributed by atoms with van der Waals surface area (Å²) in [7, 11) is 0. The van der Waals surface area contributed by atoms with Gasteiger partial charge < -0.3 is 19.8 Å². The summed E-state index contributed by atoms with van der Waals surface area (Å²) < 4.78 is 13.8. The van der Waals surface area contributed by atoms with Crippen molar-refractivity contribution in [2.24, 2.45) is 11.7 Å². The number of hydrogen-bond donors (Lipinski definition) is 1. The van der Waals surface area contributed by atoms with Crippen LogP contribution in [0.3, 0.4) is 0 Å². The maximum Gasteiger partial charge on any atom is 0.163 e. The summed E-state index contributed by atoms with van der Waals surface area (Å²) in [6, 6.07) is 12.4. The fourth-order valence-electron chi connectivity index (χ4n) is 3.29. The van der Waals surface area contributed by atoms with E-state index in [4.69, 9.17) is 20.2 Å². The third-order valence-electron chi connectivity index (χ3n) is 4.79. The molecule has 1 aliphatic rings. The molecule has 5 heteroatoms. The summed E-state index contributed by atoms with van der Waals surface area (Å²) in [6.07, 6.45) is 1.09. The van der Waals surface area contributed by atoms with E-state index in [1.807, 2.05) is 6.07 Å². The lowest BCUT2D eigenvalue weighted by atomic mass is 10.1. The fourth-order valence-corrected chi connectivity index (χ4v) is 3.29. The lowest BCUT2D eigenvalue weighted by Gasteiger charge is -2.18. The second-order valence-corrected chi connectivity index (χ2v) is 7.16. The lowest BCUT2D eigenvalue weighted by Crippen LogP contribution is -2.15. The standard InChI is InChI=1S/C21H25N3O2/c1-14(2)7-8-24-18-12-20-19(25-9-10-26-20)11-17(18)23-21(24)16-5-3-15(13-22)4-6-16/h3-6,11-12,14H,7-10,13,22H2,1-2H3. The van der Waals surface area contributed by atoms with Crippen molar-refractivity contribution in [2.75, 3.05) is 13.2 Å². The van der Waals surface area contributed by atoms with Gasteiger partial charge in [-0.1, -0.05) is 38.1 Å². The van der Waals surface area contributed by atoms with Crippen molar-refractivity contribution >= 4 is 11.0 Å². The van der Waals surface area contributed by atoms with E-state index in [9.17, 15) is 0 Å². The van der Waals surface area contributed by atoms with Gasteiger partial charge in [0.2, 0.25) is 0 Å². The molecular weight excluding hydrogens is 326 g/mol. The molecule has 0 saturated carbocycles. The molecule has 0 unspecified atom stereocenters. The molecule has 0 bridgehead atoms. The molecule has 3 aromatic rings. The minimum absolute atomic E-state index is 0.547. The van der Waals surface area contributed by atoms with Crippen LogP contribution >= 0.6 is 0 Å². The van der Waals surface area contributed by atoms with Crippen LogP contribution in [0.2, 0.25) is 0 Å². The topological polar surface area (TPSA) is 62.3 Å². The number of aryl methyl sites for hydroxylation is 1. The van der Waals surface area contributed by atoms with Crippen LogP contribution in [0, 0.1) is 5.92 Å². The third kappa shape index (κ3) is 3.15. The van der Waals surface area contributed by atoms with Gasteiger partial charge in [-0.2, -0.15) is 0 Å². The first-order valence-electron chi connectivity index (χ1n) is 9.25. The zero-order valence-electron chi connectivity index (χ0n) is 15.4. The van der Waals surface area contributed by atoms with Crippen LogP contribution in [0.4, 0.5) is 0 Å². The van der Waals surface area contributed by atoms with E-state index in [1.165, 1.54) is 0 Å². The second-order valence-electron chi connectivity index (χ2n) is 7.16. The zero-order valence-corrected chi connectivity index (χ0v) is 15.4. The first kappa shape index (κ1) is 16.9. The number of benzene rings is 2. The summed E-state index contributed by atoms with van der Waals surface area (Å²) >= 11 is 0. The highest BCUT2D eigenvalue weighted by molar-refractivity contribution is 5.84. The molecule has 0 spiro atoms. The van der Waals surface area contributed by atoms with Crippen molar-refractivity contribution < 1.29 is 9.47 Å². The average Bonchev–Trinajstić information content (AvgIpc) is 3.02. The molecule has 0 fully saturated rings. The number of nitrogens with zero attached hydrogens (tertiary/aromatic N) is 2. The predicted molar refractivity (Wildman–Crippen MR) is 104 cm³/mol. The Kier molecular flexibility index (Phi) is 4.55. The van der Waals surface area contributed by atoms with E-state index < -0.39 is 0 Å². The fraction of sp³-hybridized carbons (Fsp3) is 0.381. The van der Waals surface area contributed by atoms with Crippen LogP contribution in [0.15, 0.2) is 36.4 Å². The Labute approximate surface area is 153 Å². The summed E-state index contributed by atoms with van der Waals surface area (Å²) in [5.41, 5.74) is 9.98. The quantitative estimate of drug-likeness (QED) is 0.755. The van der Waals surface area contributed by atoms with E-state index in [1.54, 1.807) is 0 Å². The van der Waals surface area contributed by atoms with Crippen LogP contribution in [0.25, 0.3) is 22.4 Å². The van der Waals surface area contributed by atoms with E-state index >= 15 is 0 Å². The van der Waals surface area contributed by atoms with E-state index in [0.717, 1.165) is 52.4 Å². The van der Waals surface area contributed by atoms with E-state index in [2.05, 4.69) is 48.7 Å². The van der Waals surface area contributed by atoms with Gasteiger partial charge in [-0.15, -0.1) is 0 Å². The van der Waals surface area contributed by atoms with Crippen LogP contribution in [0.5, 0.6) is 11.5 Å². The molecule has 1 aliphatic heterocycles. The number of hydrogen-bond acceptors (Lipinski definition) is 4. The minimum Gasteiger partial charge on any atom is -0.486 e. The van der Waals surface area contributed by atoms with Crippen LogP contribution in [0.1, 0.15) is 25.8 Å². The molecule has 2 aromatic carbocycles. The molecule has 0 radical (unpaired) electrons. The molecule has 0 saturated heterocycles. The third-order valence-corrected chi connectivity index (χ3v) is 4.79. The summed E-state index contributed by atoms with van der Waals surface area (Å²) in [5.74, 6) is 3.19. The van der Waals surface area contributed by atoms with Gasteiger partial charge in [0, 0.05) is 30.8 Å². The van der Waals surface area contributed by atoms with Crippen LogP contribution in [-0.4, -0.2) is 22.8 Å². The molecule has 0 aliphatic carbocycles. The van der Waals surface area contributed by atoms with E-state index in [-0.39, 0.29) is 0 Å². The number of fused-ring (bicyclic) bond motifs is 2. The molecule has 2 N–H and O–H groups in total. The van der Waals surface area contributed by atoms with Gasteiger partial charge in [0.05, 0.1) is 11.0 Å². The monoisotopic (exact) mass is 351 g/mol. The Morgan fingerprint density at radius 1 is 1.08 bits per heavy atom. The summed E-state index contributed by atoms with van der Waals surface area (Å²) in [6.45, 7) is 7.13.